The van der Waals surface area contributed by atoms with E-state index in [9.17, 15) is 13.7 Å². The van der Waals surface area contributed by atoms with E-state index in [1.165, 1.54) is 0 Å². The van der Waals surface area contributed by atoms with Crippen LogP contribution in [0.5, 0.6) is 0 Å². The van der Waals surface area contributed by atoms with Crippen LogP contribution in [0, 0.1) is 11.5 Å². The monoisotopic (exact) mass is 298 g/mol. The second kappa shape index (κ2) is 5.35. The minimum atomic E-state index is -5.53. The lowest BCUT2D eigenvalue weighted by Crippen LogP contribution is -2.06. The molecule has 0 aliphatic rings. The molecule has 0 spiro atoms. The van der Waals surface area contributed by atoms with Crippen molar-refractivity contribution in [3.05, 3.63) is 0 Å². The molecule has 12 nitrogen and oxygen atoms in total. The molecule has 0 aromatic rings. The van der Waals surface area contributed by atoms with Crippen LogP contribution < -0.4 is 5.48 Å². The van der Waals surface area contributed by atoms with Crippen LogP contribution in [0.1, 0.15) is 0 Å². The molecule has 0 rings (SSSR count). The lowest BCUT2D eigenvalue weighted by molar-refractivity contribution is 0.144. The van der Waals surface area contributed by atoms with E-state index >= 15 is 0 Å². The highest BCUT2D eigenvalue weighted by molar-refractivity contribution is 7.66. The predicted molar refractivity (Wildman–Crippen MR) is 43.7 cm³/mol. The van der Waals surface area contributed by atoms with Crippen molar-refractivity contribution in [3.8, 4) is 6.19 Å². The van der Waals surface area contributed by atoms with Crippen LogP contribution in [0.2, 0.25) is 0 Å². The van der Waals surface area contributed by atoms with Crippen molar-refractivity contribution in [3.63, 3.8) is 0 Å². The van der Waals surface area contributed by atoms with E-state index in [2.05, 4.69) is 13.2 Å². The number of nitrogens with one attached hydrogen (secondary N) is 1. The second-order valence-electron chi connectivity index (χ2n) is 1.90. The van der Waals surface area contributed by atoms with Crippen LogP contribution in [-0.4, -0.2) is 19.6 Å². The van der Waals surface area contributed by atoms with Crippen molar-refractivity contribution >= 4 is 23.5 Å². The molecule has 0 aliphatic carbocycles. The lowest BCUT2D eigenvalue weighted by Gasteiger charge is -2.14. The van der Waals surface area contributed by atoms with Gasteiger partial charge in [-0.25, -0.2) is 13.7 Å². The van der Waals surface area contributed by atoms with E-state index in [0.717, 1.165) is 11.7 Å². The van der Waals surface area contributed by atoms with E-state index in [0.29, 0.717) is 0 Å². The van der Waals surface area contributed by atoms with Gasteiger partial charge in [0.25, 0.3) is 0 Å². The molecular formula is CH5N2O10P3. The van der Waals surface area contributed by atoms with Gasteiger partial charge in [-0.3, -0.25) is 0 Å². The molecular weight excluding hydrogens is 293 g/mol. The fourth-order valence-corrected chi connectivity index (χ4v) is 3.17. The molecule has 0 aliphatic heterocycles. The van der Waals surface area contributed by atoms with Gasteiger partial charge in [0.05, 0.1) is 0 Å². The number of rotatable bonds is 6. The maximum atomic E-state index is 10.7. The molecule has 5 N–H and O–H groups in total. The van der Waals surface area contributed by atoms with Crippen LogP contribution in [0.25, 0.3) is 0 Å². The van der Waals surface area contributed by atoms with Crippen LogP contribution in [0.3, 0.4) is 0 Å². The third kappa shape index (κ3) is 7.92. The summed E-state index contributed by atoms with van der Waals surface area (Å²) in [6, 6.07) is 0. The van der Waals surface area contributed by atoms with Gasteiger partial charge in [0.15, 0.2) is 0 Å². The fourth-order valence-electron chi connectivity index (χ4n) is 0.374. The van der Waals surface area contributed by atoms with E-state index in [1.54, 1.807) is 0 Å². The highest BCUT2D eigenvalue weighted by Gasteiger charge is 2.41. The summed E-state index contributed by atoms with van der Waals surface area (Å²) in [5.41, 5.74) is 1.16. The van der Waals surface area contributed by atoms with Gasteiger partial charge in [-0.05, 0) is 0 Å². The van der Waals surface area contributed by atoms with Crippen molar-refractivity contribution in [2.24, 2.45) is 0 Å². The first-order valence-electron chi connectivity index (χ1n) is 2.94. The molecule has 0 radical (unpaired) electrons. The third-order valence-electron chi connectivity index (χ3n) is 0.623. The van der Waals surface area contributed by atoms with Crippen LogP contribution >= 0.6 is 23.5 Å². The molecule has 0 saturated carbocycles. The maximum absolute atomic E-state index is 10.7. The Bertz CT molecular complexity index is 416. The predicted octanol–water partition coefficient (Wildman–Crippen LogP) is -0.685. The largest absolute Gasteiger partial charge is 0.503 e. The fraction of sp³-hybridized carbons (Fsp3) is 0. The summed E-state index contributed by atoms with van der Waals surface area (Å²) in [5, 5.41) is 7.85. The molecule has 0 fully saturated rings. The molecule has 94 valence electrons. The number of hydrogen-bond acceptors (Lipinski definition) is 8. The molecule has 0 bridgehead atoms. The van der Waals surface area contributed by atoms with E-state index < -0.39 is 23.5 Å². The van der Waals surface area contributed by atoms with Gasteiger partial charge in [0.1, 0.15) is 0 Å². The molecule has 0 heterocycles. The SMILES string of the molecule is N#CNOP(=O)(O)OP(=O)(O)OP(=O)(O)O. The Balaban J connectivity index is 4.60. The summed E-state index contributed by atoms with van der Waals surface area (Å²) in [6.45, 7) is 0. The summed E-state index contributed by atoms with van der Waals surface area (Å²) in [4.78, 5) is 33.4. The normalized spacial score (nSPS) is 19.2. The topological polar surface area (TPSA) is 196 Å². The van der Waals surface area contributed by atoms with Crippen molar-refractivity contribution < 1.29 is 46.5 Å². The summed E-state index contributed by atoms with van der Waals surface area (Å²) < 4.78 is 41.6. The Hall–Kier alpha value is -0.300. The average Bonchev–Trinajstić information content (AvgIpc) is 1.93. The highest BCUT2D eigenvalue weighted by atomic mass is 31.3. The summed E-state index contributed by atoms with van der Waals surface area (Å²) in [7, 11) is -16.2. The van der Waals surface area contributed by atoms with Crippen LogP contribution in [-0.2, 0) is 26.9 Å². The van der Waals surface area contributed by atoms with Gasteiger partial charge < -0.3 is 19.6 Å². The zero-order valence-corrected chi connectivity index (χ0v) is 9.71. The molecule has 2 unspecified atom stereocenters. The Morgan fingerprint density at radius 3 is 1.88 bits per heavy atom. The summed E-state index contributed by atoms with van der Waals surface area (Å²) >= 11 is 0. The molecule has 0 amide bonds. The van der Waals surface area contributed by atoms with E-state index in [-0.39, 0.29) is 0 Å². The second-order valence-corrected chi connectivity index (χ2v) is 6.24. The first-order chi connectivity index (χ1) is 6.97. The third-order valence-corrected chi connectivity index (χ3v) is 4.27. The number of phosphoric acid groups is 3. The smallest absolute Gasteiger partial charge is 0.302 e. The minimum Gasteiger partial charge on any atom is -0.302 e. The lowest BCUT2D eigenvalue weighted by atomic mass is 11.5. The molecule has 0 aromatic heterocycles. The zero-order valence-electron chi connectivity index (χ0n) is 7.03. The first kappa shape index (κ1) is 15.7. The average molecular weight is 298 g/mol. The van der Waals surface area contributed by atoms with Crippen LogP contribution in [0.15, 0.2) is 0 Å². The van der Waals surface area contributed by atoms with Gasteiger partial charge >= 0.3 is 23.5 Å². The van der Waals surface area contributed by atoms with Gasteiger partial charge in [0, 0.05) is 0 Å². The number of nitriles is 1. The first-order valence-corrected chi connectivity index (χ1v) is 7.46. The van der Waals surface area contributed by atoms with Crippen molar-refractivity contribution in [2.45, 2.75) is 0 Å². The maximum Gasteiger partial charge on any atom is 0.503 e. The van der Waals surface area contributed by atoms with E-state index in [4.69, 9.17) is 24.8 Å². The highest BCUT2D eigenvalue weighted by Crippen LogP contribution is 2.65. The van der Waals surface area contributed by atoms with Gasteiger partial charge in [-0.2, -0.15) is 24.0 Å². The van der Waals surface area contributed by atoms with Gasteiger partial charge in [-0.15, -0.1) is 0 Å². The van der Waals surface area contributed by atoms with Crippen molar-refractivity contribution in [1.29, 1.82) is 5.26 Å². The number of hydrogen-bond donors (Lipinski definition) is 5. The Kier molecular flexibility index (Phi) is 5.25. The molecule has 2 atom stereocenters. The Morgan fingerprint density at radius 2 is 1.50 bits per heavy atom. The van der Waals surface area contributed by atoms with Crippen LogP contribution in [0.4, 0.5) is 0 Å². The van der Waals surface area contributed by atoms with Crippen molar-refractivity contribution in [1.82, 2.24) is 5.48 Å². The summed E-state index contributed by atoms with van der Waals surface area (Å²) in [5.74, 6) is 0. The Morgan fingerprint density at radius 1 is 1.00 bits per heavy atom. The van der Waals surface area contributed by atoms with Gasteiger partial charge in [-0.1, -0.05) is 0 Å². The Labute approximate surface area is 87.8 Å². The van der Waals surface area contributed by atoms with Gasteiger partial charge in [0.2, 0.25) is 6.19 Å². The van der Waals surface area contributed by atoms with E-state index in [1.807, 2.05) is 0 Å². The molecule has 16 heavy (non-hydrogen) atoms. The number of hydroxylamine groups is 1. The zero-order chi connectivity index (χ0) is 13.0. The summed E-state index contributed by atoms with van der Waals surface area (Å²) in [6.07, 6.45) is 1.01. The number of nitrogens with zero attached hydrogens (tertiary/aromatic N) is 1. The van der Waals surface area contributed by atoms with Crippen molar-refractivity contribution in [2.75, 3.05) is 0 Å². The molecule has 15 heteroatoms. The minimum absolute atomic E-state index is 1.01. The molecule has 0 aromatic carbocycles. The standard InChI is InChI=1S/CH5N2O10P3/c2-1-3-11-15(7,8)13-16(9,10)12-14(4,5)6/h3H,(H,7,8)(H,9,10)(H2,4,5,6). The quantitative estimate of drug-likeness (QED) is 0.179. The molecule has 0 saturated heterocycles.